The first-order valence-corrected chi connectivity index (χ1v) is 9.01. The first-order valence-electron chi connectivity index (χ1n) is 7.53. The summed E-state index contributed by atoms with van der Waals surface area (Å²) in [4.78, 5) is 12.0. The van der Waals surface area contributed by atoms with E-state index in [0.29, 0.717) is 22.9 Å². The third kappa shape index (κ3) is 3.74. The van der Waals surface area contributed by atoms with Crippen molar-refractivity contribution in [3.05, 3.63) is 35.2 Å². The zero-order chi connectivity index (χ0) is 18.0. The Balaban J connectivity index is 1.55. The fourth-order valence-corrected chi connectivity index (χ4v) is 3.83. The number of aromatic amines is 1. The first-order chi connectivity index (χ1) is 11.9. The van der Waals surface area contributed by atoms with Crippen LogP contribution in [0.4, 0.5) is 0 Å². The molecule has 2 aromatic rings. The number of ether oxygens (including phenoxy) is 2. The molecule has 25 heavy (non-hydrogen) atoms. The van der Waals surface area contributed by atoms with E-state index in [2.05, 4.69) is 20.2 Å². The first kappa shape index (κ1) is 17.2. The van der Waals surface area contributed by atoms with Crippen LogP contribution in [0.1, 0.15) is 17.0 Å². The Kier molecular flexibility index (Phi) is 4.64. The fraction of sp³-hybridized carbons (Fsp3) is 0.333. The van der Waals surface area contributed by atoms with Gasteiger partial charge in [0, 0.05) is 6.54 Å². The number of H-pyrrole nitrogens is 1. The normalized spacial score (nSPS) is 13.0. The van der Waals surface area contributed by atoms with Gasteiger partial charge in [0.1, 0.15) is 4.90 Å². The number of aromatic nitrogens is 2. The Morgan fingerprint density at radius 1 is 1.28 bits per heavy atom. The lowest BCUT2D eigenvalue weighted by molar-refractivity contribution is -0.120. The molecular weight excluding hydrogens is 348 g/mol. The largest absolute Gasteiger partial charge is 0.454 e. The third-order valence-electron chi connectivity index (χ3n) is 3.68. The molecule has 0 radical (unpaired) electrons. The topological polar surface area (TPSA) is 122 Å². The number of sulfonamides is 1. The summed E-state index contributed by atoms with van der Waals surface area (Å²) in [6, 6.07) is 5.33. The molecule has 0 atom stereocenters. The second-order valence-electron chi connectivity index (χ2n) is 5.55. The van der Waals surface area contributed by atoms with Crippen molar-refractivity contribution in [1.82, 2.24) is 20.2 Å². The van der Waals surface area contributed by atoms with Crippen LogP contribution in [-0.2, 0) is 21.4 Å². The van der Waals surface area contributed by atoms with Gasteiger partial charge >= 0.3 is 0 Å². The van der Waals surface area contributed by atoms with E-state index in [-0.39, 0.29) is 24.8 Å². The molecule has 0 spiro atoms. The van der Waals surface area contributed by atoms with Crippen LogP contribution in [-0.4, -0.2) is 37.9 Å². The number of hydrogen-bond acceptors (Lipinski definition) is 6. The third-order valence-corrected chi connectivity index (χ3v) is 5.34. The Morgan fingerprint density at radius 3 is 2.76 bits per heavy atom. The zero-order valence-corrected chi connectivity index (χ0v) is 14.6. The number of rotatable bonds is 6. The molecule has 2 heterocycles. The van der Waals surface area contributed by atoms with E-state index in [1.165, 1.54) is 0 Å². The van der Waals surface area contributed by atoms with E-state index in [1.54, 1.807) is 32.0 Å². The van der Waals surface area contributed by atoms with Crippen molar-refractivity contribution in [2.24, 2.45) is 0 Å². The highest BCUT2D eigenvalue weighted by Crippen LogP contribution is 2.32. The van der Waals surface area contributed by atoms with Gasteiger partial charge in [0.15, 0.2) is 11.5 Å². The molecule has 0 aliphatic carbocycles. The van der Waals surface area contributed by atoms with Gasteiger partial charge in [-0.1, -0.05) is 6.07 Å². The van der Waals surface area contributed by atoms with Crippen molar-refractivity contribution in [2.45, 2.75) is 25.3 Å². The van der Waals surface area contributed by atoms with Crippen molar-refractivity contribution < 1.29 is 22.7 Å². The van der Waals surface area contributed by atoms with E-state index in [4.69, 9.17) is 9.47 Å². The molecule has 0 saturated carbocycles. The number of aryl methyl sites for hydroxylation is 2. The van der Waals surface area contributed by atoms with Crippen LogP contribution >= 0.6 is 0 Å². The lowest BCUT2D eigenvalue weighted by Crippen LogP contribution is -2.36. The Labute approximate surface area is 144 Å². The van der Waals surface area contributed by atoms with Crippen LogP contribution in [0.2, 0.25) is 0 Å². The summed E-state index contributed by atoms with van der Waals surface area (Å²) in [7, 11) is -3.81. The minimum atomic E-state index is -3.81. The summed E-state index contributed by atoms with van der Waals surface area (Å²) in [6.07, 6.45) is 0. The minimum Gasteiger partial charge on any atom is -0.454 e. The Bertz CT molecular complexity index is 887. The van der Waals surface area contributed by atoms with Crippen LogP contribution in [0.25, 0.3) is 0 Å². The molecule has 1 amide bonds. The van der Waals surface area contributed by atoms with Crippen molar-refractivity contribution in [3.63, 3.8) is 0 Å². The summed E-state index contributed by atoms with van der Waals surface area (Å²) in [5, 5.41) is 9.10. The molecular formula is C15H18N4O5S. The smallest absolute Gasteiger partial charge is 0.244 e. The number of carbonyl (C=O) groups excluding carboxylic acids is 1. The molecule has 1 aromatic carbocycles. The minimum absolute atomic E-state index is 0.0658. The van der Waals surface area contributed by atoms with Gasteiger partial charge in [0.2, 0.25) is 22.7 Å². The molecule has 0 bridgehead atoms. The lowest BCUT2D eigenvalue weighted by atomic mass is 10.2. The lowest BCUT2D eigenvalue weighted by Gasteiger charge is -2.08. The molecule has 9 nitrogen and oxygen atoms in total. The molecule has 3 N–H and O–H groups in total. The van der Waals surface area contributed by atoms with Gasteiger partial charge in [-0.2, -0.15) is 5.10 Å². The van der Waals surface area contributed by atoms with Crippen molar-refractivity contribution >= 4 is 15.9 Å². The quantitative estimate of drug-likeness (QED) is 0.678. The van der Waals surface area contributed by atoms with Crippen molar-refractivity contribution in [1.29, 1.82) is 0 Å². The van der Waals surface area contributed by atoms with Crippen molar-refractivity contribution in [3.8, 4) is 11.5 Å². The molecule has 1 aliphatic rings. The van der Waals surface area contributed by atoms with E-state index < -0.39 is 15.9 Å². The molecule has 134 valence electrons. The molecule has 10 heteroatoms. The standard InChI is InChI=1S/C15H18N4O5S/c1-9-15(10(2)19-18-9)25(21,22)17-7-14(20)16-6-11-3-4-12-13(5-11)24-8-23-12/h3-5,17H,6-8H2,1-2H3,(H,16,20)(H,18,19). The highest BCUT2D eigenvalue weighted by molar-refractivity contribution is 7.89. The summed E-state index contributed by atoms with van der Waals surface area (Å²) >= 11 is 0. The number of benzene rings is 1. The zero-order valence-electron chi connectivity index (χ0n) is 13.8. The van der Waals surface area contributed by atoms with Crippen LogP contribution in [0.3, 0.4) is 0 Å². The van der Waals surface area contributed by atoms with Gasteiger partial charge < -0.3 is 14.8 Å². The molecule has 0 unspecified atom stereocenters. The maximum Gasteiger partial charge on any atom is 0.244 e. The van der Waals surface area contributed by atoms with Crippen molar-refractivity contribution in [2.75, 3.05) is 13.3 Å². The van der Waals surface area contributed by atoms with E-state index in [9.17, 15) is 13.2 Å². The van der Waals surface area contributed by atoms with E-state index in [1.807, 2.05) is 0 Å². The van der Waals surface area contributed by atoms with Gasteiger partial charge in [-0.3, -0.25) is 9.89 Å². The van der Waals surface area contributed by atoms with Crippen LogP contribution in [0.15, 0.2) is 23.1 Å². The highest BCUT2D eigenvalue weighted by Gasteiger charge is 2.22. The van der Waals surface area contributed by atoms with Gasteiger partial charge in [0.25, 0.3) is 0 Å². The number of nitrogens with zero attached hydrogens (tertiary/aromatic N) is 1. The predicted octanol–water partition coefficient (Wildman–Crippen LogP) is 0.350. The second kappa shape index (κ2) is 6.73. The average Bonchev–Trinajstić information content (AvgIpc) is 3.17. The van der Waals surface area contributed by atoms with Crippen LogP contribution < -0.4 is 19.5 Å². The SMILES string of the molecule is Cc1n[nH]c(C)c1S(=O)(=O)NCC(=O)NCc1ccc2c(c1)OCO2. The number of carbonyl (C=O) groups is 1. The Morgan fingerprint density at radius 2 is 2.04 bits per heavy atom. The predicted molar refractivity (Wildman–Crippen MR) is 87.7 cm³/mol. The van der Waals surface area contributed by atoms with Crippen LogP contribution in [0.5, 0.6) is 11.5 Å². The summed E-state index contributed by atoms with van der Waals surface area (Å²) in [6.45, 7) is 3.25. The monoisotopic (exact) mass is 366 g/mol. The summed E-state index contributed by atoms with van der Waals surface area (Å²) in [5.41, 5.74) is 1.60. The maximum absolute atomic E-state index is 12.3. The second-order valence-corrected chi connectivity index (χ2v) is 7.26. The number of hydrogen-bond donors (Lipinski definition) is 3. The fourth-order valence-electron chi connectivity index (χ4n) is 2.48. The molecule has 0 saturated heterocycles. The summed E-state index contributed by atoms with van der Waals surface area (Å²) in [5.74, 6) is 0.840. The maximum atomic E-state index is 12.3. The number of amides is 1. The number of nitrogens with one attached hydrogen (secondary N) is 3. The van der Waals surface area contributed by atoms with Gasteiger partial charge in [-0.25, -0.2) is 13.1 Å². The van der Waals surface area contributed by atoms with Gasteiger partial charge in [0.05, 0.1) is 17.9 Å². The Hall–Kier alpha value is -2.59. The van der Waals surface area contributed by atoms with E-state index in [0.717, 1.165) is 5.56 Å². The van der Waals surface area contributed by atoms with Gasteiger partial charge in [-0.05, 0) is 31.5 Å². The summed E-state index contributed by atoms with van der Waals surface area (Å²) < 4.78 is 37.3. The molecule has 0 fully saturated rings. The molecule has 1 aromatic heterocycles. The molecule has 1 aliphatic heterocycles. The van der Waals surface area contributed by atoms with Gasteiger partial charge in [-0.15, -0.1) is 0 Å². The molecule has 3 rings (SSSR count). The van der Waals surface area contributed by atoms with Crippen LogP contribution in [0, 0.1) is 13.8 Å². The van der Waals surface area contributed by atoms with E-state index >= 15 is 0 Å². The number of fused-ring (bicyclic) bond motifs is 1. The highest BCUT2D eigenvalue weighted by atomic mass is 32.2. The average molecular weight is 366 g/mol.